The number of rotatable bonds is 1. The van der Waals surface area contributed by atoms with Gasteiger partial charge in [-0.2, -0.15) is 0 Å². The molecule has 34 heavy (non-hydrogen) atoms. The molecule has 0 bridgehead atoms. The van der Waals surface area contributed by atoms with E-state index in [1.807, 2.05) is 30.7 Å². The lowest BCUT2D eigenvalue weighted by Gasteiger charge is -2.11. The zero-order valence-electron chi connectivity index (χ0n) is 18.1. The van der Waals surface area contributed by atoms with Crippen molar-refractivity contribution in [1.82, 2.24) is 23.9 Å². The molecule has 8 aromatic rings. The molecule has 0 saturated heterocycles. The fourth-order valence-corrected chi connectivity index (χ4v) is 5.47. The van der Waals surface area contributed by atoms with Gasteiger partial charge in [-0.3, -0.25) is 14.4 Å². The van der Waals surface area contributed by atoms with Gasteiger partial charge in [0.25, 0.3) is 0 Å². The number of fused-ring (bicyclic) bond motifs is 12. The largest absolute Gasteiger partial charge is 0.309 e. The van der Waals surface area contributed by atoms with Crippen molar-refractivity contribution in [3.05, 3.63) is 104 Å². The first-order chi connectivity index (χ1) is 16.9. The molecular formula is C29H17N5. The van der Waals surface area contributed by atoms with E-state index in [2.05, 4.69) is 86.7 Å². The predicted molar refractivity (Wildman–Crippen MR) is 138 cm³/mol. The van der Waals surface area contributed by atoms with Crippen LogP contribution >= 0.6 is 0 Å². The van der Waals surface area contributed by atoms with Gasteiger partial charge in [-0.05, 0) is 48.5 Å². The number of nitrogens with zero attached hydrogens (tertiary/aromatic N) is 5. The predicted octanol–water partition coefficient (Wildman–Crippen LogP) is 6.68. The Morgan fingerprint density at radius 3 is 2.38 bits per heavy atom. The molecule has 8 rings (SSSR count). The minimum Gasteiger partial charge on any atom is -0.309 e. The minimum atomic E-state index is 0.879. The number of hydrogen-bond donors (Lipinski definition) is 0. The first-order valence-electron chi connectivity index (χ1n) is 11.3. The highest BCUT2D eigenvalue weighted by atomic mass is 15.0. The first kappa shape index (κ1) is 17.7. The molecule has 0 fully saturated rings. The van der Waals surface area contributed by atoms with Crippen LogP contribution in [0.15, 0.2) is 104 Å². The van der Waals surface area contributed by atoms with Crippen LogP contribution in [0.25, 0.3) is 66.0 Å². The smallest absolute Gasteiger partial charge is 0.147 e. The normalized spacial score (nSPS) is 12.1. The monoisotopic (exact) mass is 435 g/mol. The van der Waals surface area contributed by atoms with Gasteiger partial charge < -0.3 is 4.57 Å². The number of imidazole rings is 1. The molecule has 0 unspecified atom stereocenters. The highest BCUT2D eigenvalue weighted by molar-refractivity contribution is 6.29. The molecule has 0 atom stereocenters. The van der Waals surface area contributed by atoms with Crippen LogP contribution in [0.3, 0.4) is 0 Å². The highest BCUT2D eigenvalue weighted by Crippen LogP contribution is 2.41. The summed E-state index contributed by atoms with van der Waals surface area (Å²) in [6, 6.07) is 29.7. The molecule has 5 nitrogen and oxygen atoms in total. The van der Waals surface area contributed by atoms with E-state index >= 15 is 0 Å². The quantitative estimate of drug-likeness (QED) is 0.270. The average Bonchev–Trinajstić information content (AvgIpc) is 3.45. The van der Waals surface area contributed by atoms with E-state index in [1.165, 1.54) is 16.3 Å². The molecule has 5 aromatic heterocycles. The summed E-state index contributed by atoms with van der Waals surface area (Å²) in [7, 11) is 0. The number of benzene rings is 3. The second-order valence-electron chi connectivity index (χ2n) is 8.58. The average molecular weight is 435 g/mol. The van der Waals surface area contributed by atoms with E-state index in [0.717, 1.165) is 49.7 Å². The number of para-hydroxylation sites is 2. The van der Waals surface area contributed by atoms with E-state index in [1.54, 1.807) is 0 Å². The van der Waals surface area contributed by atoms with Gasteiger partial charge in [0.15, 0.2) is 0 Å². The molecule has 0 saturated carbocycles. The van der Waals surface area contributed by atoms with E-state index in [0.29, 0.717) is 0 Å². The molecular weight excluding hydrogens is 418 g/mol. The van der Waals surface area contributed by atoms with Gasteiger partial charge >= 0.3 is 0 Å². The summed E-state index contributed by atoms with van der Waals surface area (Å²) in [4.78, 5) is 14.3. The minimum absolute atomic E-state index is 0.879. The Balaban J connectivity index is 1.73. The maximum Gasteiger partial charge on any atom is 0.147 e. The number of hydrogen-bond acceptors (Lipinski definition) is 3. The van der Waals surface area contributed by atoms with Crippen molar-refractivity contribution < 1.29 is 0 Å². The Bertz CT molecular complexity index is 2070. The molecule has 5 heteroatoms. The molecule has 0 aliphatic carbocycles. The molecule has 0 aliphatic heterocycles. The van der Waals surface area contributed by atoms with Crippen molar-refractivity contribution in [2.45, 2.75) is 0 Å². The Kier molecular flexibility index (Phi) is 3.34. The molecule has 0 radical (unpaired) electrons. The fourth-order valence-electron chi connectivity index (χ4n) is 5.47. The van der Waals surface area contributed by atoms with Crippen LogP contribution in [0.4, 0.5) is 0 Å². The summed E-state index contributed by atoms with van der Waals surface area (Å²) < 4.78 is 4.57. The summed E-state index contributed by atoms with van der Waals surface area (Å²) in [5.74, 6) is 0. The van der Waals surface area contributed by atoms with Crippen LogP contribution in [-0.2, 0) is 0 Å². The highest BCUT2D eigenvalue weighted by Gasteiger charge is 2.20. The van der Waals surface area contributed by atoms with Gasteiger partial charge in [0.1, 0.15) is 11.2 Å². The van der Waals surface area contributed by atoms with E-state index in [9.17, 15) is 0 Å². The van der Waals surface area contributed by atoms with Crippen LogP contribution in [-0.4, -0.2) is 23.9 Å². The van der Waals surface area contributed by atoms with E-state index < -0.39 is 0 Å². The van der Waals surface area contributed by atoms with Crippen LogP contribution in [0.5, 0.6) is 0 Å². The van der Waals surface area contributed by atoms with Gasteiger partial charge in [-0.25, -0.2) is 4.98 Å². The Hall–Kier alpha value is -4.77. The number of pyridine rings is 3. The van der Waals surface area contributed by atoms with Crippen molar-refractivity contribution in [3.8, 4) is 5.69 Å². The third-order valence-corrected chi connectivity index (χ3v) is 6.82. The fraction of sp³-hybridized carbons (Fsp3) is 0. The summed E-state index contributed by atoms with van der Waals surface area (Å²) in [6.07, 6.45) is 5.53. The summed E-state index contributed by atoms with van der Waals surface area (Å²) >= 11 is 0. The topological polar surface area (TPSA) is 48.0 Å². The zero-order chi connectivity index (χ0) is 22.2. The Morgan fingerprint density at radius 1 is 0.588 bits per heavy atom. The third kappa shape index (κ3) is 2.16. The third-order valence-electron chi connectivity index (χ3n) is 6.82. The van der Waals surface area contributed by atoms with Gasteiger partial charge in [0, 0.05) is 39.6 Å². The maximum atomic E-state index is 5.10. The summed E-state index contributed by atoms with van der Waals surface area (Å²) in [5, 5.41) is 4.62. The van der Waals surface area contributed by atoms with Gasteiger partial charge in [-0.1, -0.05) is 36.4 Å². The zero-order valence-corrected chi connectivity index (χ0v) is 18.1. The Morgan fingerprint density at radius 2 is 1.44 bits per heavy atom. The van der Waals surface area contributed by atoms with Gasteiger partial charge in [0.2, 0.25) is 0 Å². The molecule has 3 aromatic carbocycles. The lowest BCUT2D eigenvalue weighted by molar-refractivity contribution is 1.18. The van der Waals surface area contributed by atoms with Crippen LogP contribution in [0.1, 0.15) is 0 Å². The molecule has 0 N–H and O–H groups in total. The SMILES string of the molecule is c1ccc(-n2c3ccccc3c3c4c(ccc32)c2ncccc2n2c3ccncc3nc42)cc1. The second-order valence-corrected chi connectivity index (χ2v) is 8.58. The molecule has 158 valence electrons. The van der Waals surface area contributed by atoms with Crippen LogP contribution in [0, 0.1) is 0 Å². The lowest BCUT2D eigenvalue weighted by Crippen LogP contribution is -1.95. The van der Waals surface area contributed by atoms with Gasteiger partial charge in [0.05, 0.1) is 33.8 Å². The second kappa shape index (κ2) is 6.39. The lowest BCUT2D eigenvalue weighted by atomic mass is 10.0. The molecule has 0 spiro atoms. The summed E-state index contributed by atoms with van der Waals surface area (Å²) in [6.45, 7) is 0. The van der Waals surface area contributed by atoms with E-state index in [4.69, 9.17) is 9.97 Å². The summed E-state index contributed by atoms with van der Waals surface area (Å²) in [5.41, 5.74) is 8.33. The molecule has 0 aliphatic rings. The first-order valence-corrected chi connectivity index (χ1v) is 11.3. The molecule has 5 heterocycles. The van der Waals surface area contributed by atoms with Crippen molar-refractivity contribution in [2.24, 2.45) is 0 Å². The van der Waals surface area contributed by atoms with Crippen molar-refractivity contribution in [2.75, 3.05) is 0 Å². The number of aromatic nitrogens is 5. The van der Waals surface area contributed by atoms with Crippen molar-refractivity contribution >= 4 is 60.3 Å². The Labute approximate surface area is 193 Å². The van der Waals surface area contributed by atoms with Gasteiger partial charge in [-0.15, -0.1) is 0 Å². The maximum absolute atomic E-state index is 5.10. The standard InChI is InChI=1S/C29H17N5/c1-2-7-18(8-3-1)33-22-10-5-4-9-19(22)26-24(33)13-12-20-27(26)29-32-21-17-30-16-14-23(21)34(29)25-11-6-15-31-28(20)25/h1-17H. The molecule has 0 amide bonds. The van der Waals surface area contributed by atoms with Crippen molar-refractivity contribution in [3.63, 3.8) is 0 Å². The van der Waals surface area contributed by atoms with Crippen LogP contribution < -0.4 is 0 Å². The van der Waals surface area contributed by atoms with E-state index in [-0.39, 0.29) is 0 Å². The van der Waals surface area contributed by atoms with Crippen LogP contribution in [0.2, 0.25) is 0 Å². The van der Waals surface area contributed by atoms with Crippen molar-refractivity contribution in [1.29, 1.82) is 0 Å².